The van der Waals surface area contributed by atoms with Crippen LogP contribution in [0, 0.1) is 19.7 Å². The van der Waals surface area contributed by atoms with Crippen LogP contribution in [0.25, 0.3) is 0 Å². The van der Waals surface area contributed by atoms with Crippen LogP contribution < -0.4 is 10.1 Å². The minimum Gasteiger partial charge on any atom is -0.488 e. The molecule has 20 heavy (non-hydrogen) atoms. The first-order valence-electron chi connectivity index (χ1n) is 6.88. The molecule has 1 heterocycles. The van der Waals surface area contributed by atoms with Gasteiger partial charge >= 0.3 is 0 Å². The van der Waals surface area contributed by atoms with Crippen LogP contribution >= 0.6 is 0 Å². The third-order valence-corrected chi connectivity index (χ3v) is 3.66. The largest absolute Gasteiger partial charge is 0.488 e. The average Bonchev–Trinajstić information content (AvgIpc) is 2.82. The topological polar surface area (TPSA) is 21.3 Å². The summed E-state index contributed by atoms with van der Waals surface area (Å²) < 4.78 is 19.3. The molecule has 0 fully saturated rings. The van der Waals surface area contributed by atoms with Crippen LogP contribution in [0.2, 0.25) is 0 Å². The summed E-state index contributed by atoms with van der Waals surface area (Å²) in [7, 11) is 0. The van der Waals surface area contributed by atoms with Crippen molar-refractivity contribution in [3.63, 3.8) is 0 Å². The Bertz CT molecular complexity index is 639. The number of rotatable bonds is 3. The van der Waals surface area contributed by atoms with Gasteiger partial charge in [0.05, 0.1) is 6.54 Å². The SMILES string of the molecule is Cc1ccc2c(c1)CC(CNc1ccc(C)c(F)c1)O2. The van der Waals surface area contributed by atoms with Gasteiger partial charge in [-0.3, -0.25) is 0 Å². The molecule has 1 aliphatic heterocycles. The summed E-state index contributed by atoms with van der Waals surface area (Å²) in [5, 5.41) is 3.24. The lowest BCUT2D eigenvalue weighted by molar-refractivity contribution is 0.246. The lowest BCUT2D eigenvalue weighted by Crippen LogP contribution is -2.24. The minimum atomic E-state index is -0.179. The van der Waals surface area contributed by atoms with E-state index in [0.29, 0.717) is 12.1 Å². The molecule has 104 valence electrons. The van der Waals surface area contributed by atoms with Crippen LogP contribution in [0.3, 0.4) is 0 Å². The lowest BCUT2D eigenvalue weighted by atomic mass is 10.1. The molecule has 3 heteroatoms. The maximum atomic E-state index is 13.5. The second kappa shape index (κ2) is 5.16. The number of ether oxygens (including phenoxy) is 1. The number of hydrogen-bond donors (Lipinski definition) is 1. The molecule has 0 aromatic heterocycles. The van der Waals surface area contributed by atoms with Crippen LogP contribution in [0.15, 0.2) is 36.4 Å². The van der Waals surface area contributed by atoms with Crippen molar-refractivity contribution >= 4 is 5.69 Å². The molecular formula is C17H18FNO. The molecule has 0 saturated heterocycles. The van der Waals surface area contributed by atoms with Gasteiger partial charge in [-0.15, -0.1) is 0 Å². The van der Waals surface area contributed by atoms with Crippen LogP contribution in [0.1, 0.15) is 16.7 Å². The van der Waals surface area contributed by atoms with Crippen molar-refractivity contribution < 1.29 is 9.13 Å². The van der Waals surface area contributed by atoms with E-state index in [2.05, 4.69) is 24.4 Å². The molecular weight excluding hydrogens is 253 g/mol. The molecule has 2 aromatic carbocycles. The molecule has 0 saturated carbocycles. The van der Waals surface area contributed by atoms with Crippen molar-refractivity contribution in [1.29, 1.82) is 0 Å². The van der Waals surface area contributed by atoms with E-state index < -0.39 is 0 Å². The van der Waals surface area contributed by atoms with E-state index in [-0.39, 0.29) is 11.9 Å². The van der Waals surface area contributed by atoms with Crippen LogP contribution in [-0.2, 0) is 6.42 Å². The van der Waals surface area contributed by atoms with Crippen LogP contribution in [0.5, 0.6) is 5.75 Å². The predicted octanol–water partition coefficient (Wildman–Crippen LogP) is 3.86. The fourth-order valence-electron chi connectivity index (χ4n) is 2.50. The smallest absolute Gasteiger partial charge is 0.128 e. The third-order valence-electron chi connectivity index (χ3n) is 3.66. The molecule has 0 amide bonds. The van der Waals surface area contributed by atoms with E-state index in [1.807, 2.05) is 12.1 Å². The number of hydrogen-bond acceptors (Lipinski definition) is 2. The third kappa shape index (κ3) is 2.62. The van der Waals surface area contributed by atoms with Crippen molar-refractivity contribution in [2.75, 3.05) is 11.9 Å². The maximum Gasteiger partial charge on any atom is 0.128 e. The van der Waals surface area contributed by atoms with Crippen molar-refractivity contribution in [3.05, 3.63) is 58.9 Å². The van der Waals surface area contributed by atoms with E-state index in [1.54, 1.807) is 13.0 Å². The highest BCUT2D eigenvalue weighted by Gasteiger charge is 2.22. The number of fused-ring (bicyclic) bond motifs is 1. The Kier molecular flexibility index (Phi) is 3.35. The minimum absolute atomic E-state index is 0.108. The average molecular weight is 271 g/mol. The molecule has 1 unspecified atom stereocenters. The summed E-state index contributed by atoms with van der Waals surface area (Å²) in [5.41, 5.74) is 3.97. The van der Waals surface area contributed by atoms with Crippen molar-refractivity contribution in [1.82, 2.24) is 0 Å². The van der Waals surface area contributed by atoms with Gasteiger partial charge in [-0.2, -0.15) is 0 Å². The number of halogens is 1. The molecule has 1 N–H and O–H groups in total. The summed E-state index contributed by atoms with van der Waals surface area (Å²) in [6, 6.07) is 11.5. The fraction of sp³-hybridized carbons (Fsp3) is 0.294. The quantitative estimate of drug-likeness (QED) is 0.915. The number of anilines is 1. The van der Waals surface area contributed by atoms with Crippen LogP contribution in [-0.4, -0.2) is 12.6 Å². The molecule has 0 bridgehead atoms. The monoisotopic (exact) mass is 271 g/mol. The Morgan fingerprint density at radius 1 is 1.20 bits per heavy atom. The molecule has 0 aliphatic carbocycles. The summed E-state index contributed by atoms with van der Waals surface area (Å²) >= 11 is 0. The van der Waals surface area contributed by atoms with Crippen molar-refractivity contribution in [3.8, 4) is 5.75 Å². The standard InChI is InChI=1S/C17H18FNO/c1-11-3-6-17-13(7-11)8-15(20-17)10-19-14-5-4-12(2)16(18)9-14/h3-7,9,15,19H,8,10H2,1-2H3. The summed E-state index contributed by atoms with van der Waals surface area (Å²) in [5.74, 6) is 0.790. The first-order valence-corrected chi connectivity index (χ1v) is 6.88. The zero-order valence-corrected chi connectivity index (χ0v) is 11.7. The van der Waals surface area contributed by atoms with E-state index in [1.165, 1.54) is 17.2 Å². The normalized spacial score (nSPS) is 16.6. The summed E-state index contributed by atoms with van der Waals surface area (Å²) in [6.45, 7) is 4.52. The van der Waals surface area contributed by atoms with Gasteiger partial charge in [-0.1, -0.05) is 23.8 Å². The molecule has 2 nitrogen and oxygen atoms in total. The highest BCUT2D eigenvalue weighted by atomic mass is 19.1. The number of aryl methyl sites for hydroxylation is 2. The molecule has 3 rings (SSSR count). The predicted molar refractivity (Wildman–Crippen MR) is 78.9 cm³/mol. The fourth-order valence-corrected chi connectivity index (χ4v) is 2.50. The summed E-state index contributed by atoms with van der Waals surface area (Å²) in [6.07, 6.45) is 1.01. The van der Waals surface area contributed by atoms with Gasteiger partial charge in [0.15, 0.2) is 0 Å². The van der Waals surface area contributed by atoms with Gasteiger partial charge in [-0.05, 0) is 43.2 Å². The number of benzene rings is 2. The number of nitrogens with one attached hydrogen (secondary N) is 1. The van der Waals surface area contributed by atoms with Gasteiger partial charge in [-0.25, -0.2) is 4.39 Å². The van der Waals surface area contributed by atoms with E-state index in [9.17, 15) is 4.39 Å². The molecule has 0 radical (unpaired) electrons. The van der Waals surface area contributed by atoms with Gasteiger partial charge in [0.1, 0.15) is 17.7 Å². The zero-order chi connectivity index (χ0) is 14.1. The van der Waals surface area contributed by atoms with Gasteiger partial charge < -0.3 is 10.1 Å². The second-order valence-corrected chi connectivity index (χ2v) is 5.40. The van der Waals surface area contributed by atoms with Gasteiger partial charge in [0.2, 0.25) is 0 Å². The summed E-state index contributed by atoms with van der Waals surface area (Å²) in [4.78, 5) is 0. The molecule has 1 aliphatic rings. The first-order chi connectivity index (χ1) is 9.61. The van der Waals surface area contributed by atoms with E-state index >= 15 is 0 Å². The zero-order valence-electron chi connectivity index (χ0n) is 11.7. The maximum absolute atomic E-state index is 13.5. The Morgan fingerprint density at radius 3 is 2.85 bits per heavy atom. The van der Waals surface area contributed by atoms with E-state index in [4.69, 9.17) is 4.74 Å². The molecule has 0 spiro atoms. The highest BCUT2D eigenvalue weighted by Crippen LogP contribution is 2.29. The van der Waals surface area contributed by atoms with Crippen molar-refractivity contribution in [2.24, 2.45) is 0 Å². The second-order valence-electron chi connectivity index (χ2n) is 5.40. The first kappa shape index (κ1) is 13.0. The van der Waals surface area contributed by atoms with Crippen LogP contribution in [0.4, 0.5) is 10.1 Å². The van der Waals surface area contributed by atoms with E-state index in [0.717, 1.165) is 17.9 Å². The molecule has 2 aromatic rings. The molecule has 1 atom stereocenters. The Labute approximate surface area is 118 Å². The Balaban J connectivity index is 1.62. The lowest BCUT2D eigenvalue weighted by Gasteiger charge is -2.13. The van der Waals surface area contributed by atoms with Gasteiger partial charge in [0.25, 0.3) is 0 Å². The Morgan fingerprint density at radius 2 is 2.05 bits per heavy atom. The Hall–Kier alpha value is -2.03. The van der Waals surface area contributed by atoms with Crippen molar-refractivity contribution in [2.45, 2.75) is 26.4 Å². The van der Waals surface area contributed by atoms with Gasteiger partial charge in [0, 0.05) is 12.1 Å². The highest BCUT2D eigenvalue weighted by molar-refractivity contribution is 5.46.